The standard InChI is InChI=1S/C45H33NO/c1-2-33-22-23-39(45(47)38-18-10-5-11-19-38)32-43(33)42-20-12-13-21-44(42)46(40-28-24-36(25-29-40)34-14-6-3-7-15-34)41-30-26-37(27-31-41)35-16-8-4-9-17-35/h2-32H,1H2. The second kappa shape index (κ2) is 13.4. The molecule has 0 amide bonds. The molecule has 0 unspecified atom stereocenters. The first-order valence-corrected chi connectivity index (χ1v) is 15.8. The van der Waals surface area contributed by atoms with Gasteiger partial charge in [0.2, 0.25) is 0 Å². The van der Waals surface area contributed by atoms with E-state index < -0.39 is 0 Å². The van der Waals surface area contributed by atoms with E-state index in [4.69, 9.17) is 0 Å². The van der Waals surface area contributed by atoms with E-state index in [1.54, 1.807) is 0 Å². The van der Waals surface area contributed by atoms with Crippen molar-refractivity contribution in [3.63, 3.8) is 0 Å². The number of nitrogens with zero attached hydrogens (tertiary/aromatic N) is 1. The average molecular weight is 604 g/mol. The zero-order chi connectivity index (χ0) is 32.0. The van der Waals surface area contributed by atoms with Crippen molar-refractivity contribution in [3.8, 4) is 33.4 Å². The molecule has 0 aliphatic carbocycles. The predicted molar refractivity (Wildman–Crippen MR) is 197 cm³/mol. The Hall–Kier alpha value is -6.25. The molecule has 2 nitrogen and oxygen atoms in total. The van der Waals surface area contributed by atoms with E-state index in [1.807, 2.05) is 72.8 Å². The molecule has 0 aliphatic rings. The Kier molecular flexibility index (Phi) is 8.40. The molecule has 7 aromatic rings. The molecule has 0 fully saturated rings. The van der Waals surface area contributed by atoms with Crippen LogP contribution >= 0.6 is 0 Å². The maximum atomic E-state index is 13.6. The summed E-state index contributed by atoms with van der Waals surface area (Å²) >= 11 is 0. The van der Waals surface area contributed by atoms with Crippen molar-refractivity contribution in [2.45, 2.75) is 0 Å². The van der Waals surface area contributed by atoms with E-state index in [2.05, 4.69) is 127 Å². The Morgan fingerprint density at radius 1 is 0.447 bits per heavy atom. The molecule has 0 saturated carbocycles. The van der Waals surface area contributed by atoms with E-state index in [0.717, 1.165) is 44.9 Å². The van der Waals surface area contributed by atoms with Gasteiger partial charge in [0.15, 0.2) is 5.78 Å². The van der Waals surface area contributed by atoms with Crippen LogP contribution in [0.15, 0.2) is 189 Å². The Morgan fingerprint density at radius 3 is 1.45 bits per heavy atom. The molecule has 2 heteroatoms. The summed E-state index contributed by atoms with van der Waals surface area (Å²) < 4.78 is 0. The fourth-order valence-corrected chi connectivity index (χ4v) is 6.06. The van der Waals surface area contributed by atoms with Gasteiger partial charge in [0, 0.05) is 28.1 Å². The van der Waals surface area contributed by atoms with Gasteiger partial charge < -0.3 is 4.90 Å². The first kappa shape index (κ1) is 29.5. The first-order chi connectivity index (χ1) is 23.2. The monoisotopic (exact) mass is 603 g/mol. The van der Waals surface area contributed by atoms with Crippen molar-refractivity contribution < 1.29 is 4.79 Å². The minimum absolute atomic E-state index is 0.00944. The molecule has 0 aliphatic heterocycles. The number of anilines is 3. The van der Waals surface area contributed by atoms with Crippen molar-refractivity contribution in [1.29, 1.82) is 0 Å². The molecular weight excluding hydrogens is 571 g/mol. The van der Waals surface area contributed by atoms with Gasteiger partial charge in [0.1, 0.15) is 0 Å². The summed E-state index contributed by atoms with van der Waals surface area (Å²) in [5.41, 5.74) is 11.9. The summed E-state index contributed by atoms with van der Waals surface area (Å²) in [5, 5.41) is 0. The third-order valence-corrected chi connectivity index (χ3v) is 8.47. The highest BCUT2D eigenvalue weighted by Gasteiger charge is 2.20. The van der Waals surface area contributed by atoms with Crippen LogP contribution < -0.4 is 4.90 Å². The van der Waals surface area contributed by atoms with Gasteiger partial charge in [-0.3, -0.25) is 4.79 Å². The van der Waals surface area contributed by atoms with Crippen molar-refractivity contribution in [1.82, 2.24) is 0 Å². The van der Waals surface area contributed by atoms with Crippen molar-refractivity contribution in [2.24, 2.45) is 0 Å². The minimum Gasteiger partial charge on any atom is -0.310 e. The van der Waals surface area contributed by atoms with Crippen LogP contribution in [0.4, 0.5) is 17.1 Å². The van der Waals surface area contributed by atoms with E-state index in [1.165, 1.54) is 11.1 Å². The van der Waals surface area contributed by atoms with Crippen molar-refractivity contribution in [2.75, 3.05) is 4.90 Å². The molecule has 224 valence electrons. The lowest BCUT2D eigenvalue weighted by Crippen LogP contribution is -2.11. The van der Waals surface area contributed by atoms with E-state index in [0.29, 0.717) is 11.1 Å². The average Bonchev–Trinajstić information content (AvgIpc) is 3.16. The van der Waals surface area contributed by atoms with Gasteiger partial charge in [-0.25, -0.2) is 0 Å². The largest absolute Gasteiger partial charge is 0.310 e. The first-order valence-electron chi connectivity index (χ1n) is 15.8. The van der Waals surface area contributed by atoms with Gasteiger partial charge in [0.25, 0.3) is 0 Å². The molecule has 0 aromatic heterocycles. The van der Waals surface area contributed by atoms with E-state index in [9.17, 15) is 4.79 Å². The van der Waals surface area contributed by atoms with Gasteiger partial charge in [0.05, 0.1) is 5.69 Å². The maximum absolute atomic E-state index is 13.6. The molecule has 0 radical (unpaired) electrons. The summed E-state index contributed by atoms with van der Waals surface area (Å²) in [4.78, 5) is 15.8. The number of carbonyl (C=O) groups excluding carboxylic acids is 1. The quantitative estimate of drug-likeness (QED) is 0.153. The van der Waals surface area contributed by atoms with E-state index in [-0.39, 0.29) is 5.78 Å². The minimum atomic E-state index is -0.00944. The molecule has 0 saturated heterocycles. The second-order valence-electron chi connectivity index (χ2n) is 11.4. The fraction of sp³-hybridized carbons (Fsp3) is 0. The molecule has 0 atom stereocenters. The number of para-hydroxylation sites is 1. The third-order valence-electron chi connectivity index (χ3n) is 8.47. The number of ketones is 1. The zero-order valence-electron chi connectivity index (χ0n) is 26.0. The van der Waals surface area contributed by atoms with Crippen LogP contribution in [0.25, 0.3) is 39.5 Å². The summed E-state index contributed by atoms with van der Waals surface area (Å²) in [6.45, 7) is 4.12. The summed E-state index contributed by atoms with van der Waals surface area (Å²) in [6, 6.07) is 61.9. The van der Waals surface area contributed by atoms with E-state index >= 15 is 0 Å². The summed E-state index contributed by atoms with van der Waals surface area (Å²) in [6.07, 6.45) is 1.86. The second-order valence-corrected chi connectivity index (χ2v) is 11.4. The lowest BCUT2D eigenvalue weighted by Gasteiger charge is -2.28. The normalized spacial score (nSPS) is 10.7. The molecular formula is C45H33NO. The molecule has 7 aromatic carbocycles. The lowest BCUT2D eigenvalue weighted by molar-refractivity contribution is 0.103. The third kappa shape index (κ3) is 6.18. The number of hydrogen-bond donors (Lipinski definition) is 0. The number of carbonyl (C=O) groups is 1. The van der Waals surface area contributed by atoms with Crippen LogP contribution in [0, 0.1) is 0 Å². The van der Waals surface area contributed by atoms with Crippen LogP contribution in [0.5, 0.6) is 0 Å². The van der Waals surface area contributed by atoms with Crippen molar-refractivity contribution >= 4 is 28.9 Å². The SMILES string of the molecule is C=Cc1ccc(C(=O)c2ccccc2)cc1-c1ccccc1N(c1ccc(-c2ccccc2)cc1)c1ccc(-c2ccccc2)cc1. The van der Waals surface area contributed by atoms with Gasteiger partial charge in [-0.2, -0.15) is 0 Å². The van der Waals surface area contributed by atoms with Gasteiger partial charge in [-0.05, 0) is 69.8 Å². The highest BCUT2D eigenvalue weighted by atomic mass is 16.1. The lowest BCUT2D eigenvalue weighted by atomic mass is 9.92. The highest BCUT2D eigenvalue weighted by Crippen LogP contribution is 2.43. The van der Waals surface area contributed by atoms with Gasteiger partial charge in [-0.1, -0.05) is 158 Å². The zero-order valence-corrected chi connectivity index (χ0v) is 26.0. The maximum Gasteiger partial charge on any atom is 0.193 e. The topological polar surface area (TPSA) is 20.3 Å². The van der Waals surface area contributed by atoms with Crippen LogP contribution in [0.2, 0.25) is 0 Å². The number of hydrogen-bond acceptors (Lipinski definition) is 2. The van der Waals surface area contributed by atoms with Crippen molar-refractivity contribution in [3.05, 3.63) is 205 Å². The fourth-order valence-electron chi connectivity index (χ4n) is 6.06. The van der Waals surface area contributed by atoms with Crippen LogP contribution in [0.1, 0.15) is 21.5 Å². The highest BCUT2D eigenvalue weighted by molar-refractivity contribution is 6.10. The Bertz CT molecular complexity index is 2050. The smallest absolute Gasteiger partial charge is 0.193 e. The number of rotatable bonds is 9. The molecule has 0 heterocycles. The molecule has 7 rings (SSSR count). The molecule has 0 N–H and O–H groups in total. The predicted octanol–water partition coefficient (Wildman–Crippen LogP) is 12.0. The van der Waals surface area contributed by atoms with Crippen LogP contribution in [-0.4, -0.2) is 5.78 Å². The Balaban J connectivity index is 1.37. The van der Waals surface area contributed by atoms with Crippen LogP contribution in [-0.2, 0) is 0 Å². The van der Waals surface area contributed by atoms with Gasteiger partial charge >= 0.3 is 0 Å². The van der Waals surface area contributed by atoms with Gasteiger partial charge in [-0.15, -0.1) is 0 Å². The Morgan fingerprint density at radius 2 is 0.915 bits per heavy atom. The summed E-state index contributed by atoms with van der Waals surface area (Å²) in [5.74, 6) is -0.00944. The molecule has 47 heavy (non-hydrogen) atoms. The van der Waals surface area contributed by atoms with Crippen LogP contribution in [0.3, 0.4) is 0 Å². The molecule has 0 bridgehead atoms. The molecule has 0 spiro atoms. The Labute approximate surface area is 276 Å². The summed E-state index contributed by atoms with van der Waals surface area (Å²) in [7, 11) is 0. The number of benzene rings is 7.